The molecule has 2 aromatic rings. The zero-order valence-corrected chi connectivity index (χ0v) is 20.5. The highest BCUT2D eigenvalue weighted by atomic mass is 32.3. The monoisotopic (exact) mass is 510 g/mol. The fraction of sp³-hybridized carbons (Fsp3) is 0.480. The Balaban J connectivity index is 1.63. The summed E-state index contributed by atoms with van der Waals surface area (Å²) in [6, 6.07) is 11.2. The van der Waals surface area contributed by atoms with Crippen LogP contribution >= 0.6 is 10.8 Å². The van der Waals surface area contributed by atoms with Crippen LogP contribution < -0.4 is 5.73 Å². The van der Waals surface area contributed by atoms with Crippen molar-refractivity contribution in [2.24, 2.45) is 5.73 Å². The molecule has 192 valence electrons. The lowest BCUT2D eigenvalue weighted by atomic mass is 9.85. The summed E-state index contributed by atoms with van der Waals surface area (Å²) in [6.07, 6.45) is 1.76. The predicted octanol–water partition coefficient (Wildman–Crippen LogP) is 4.86. The van der Waals surface area contributed by atoms with E-state index in [1.54, 1.807) is 0 Å². The number of rotatable bonds is 7. The number of nitrogens with zero attached hydrogens (tertiary/aromatic N) is 1. The minimum atomic E-state index is -3.30. The van der Waals surface area contributed by atoms with Crippen molar-refractivity contribution in [3.63, 3.8) is 0 Å². The molecule has 2 aliphatic rings. The van der Waals surface area contributed by atoms with Gasteiger partial charge in [0.05, 0.1) is 5.25 Å². The Hall–Kier alpha value is -2.08. The zero-order valence-electron chi connectivity index (χ0n) is 19.7. The molecule has 7 nitrogen and oxygen atoms in total. The van der Waals surface area contributed by atoms with Gasteiger partial charge in [0.2, 0.25) is 5.91 Å². The van der Waals surface area contributed by atoms with Crippen molar-refractivity contribution >= 4 is 16.7 Å². The van der Waals surface area contributed by atoms with Gasteiger partial charge in [0.25, 0.3) is 0 Å². The number of hydrogen-bond acceptors (Lipinski definition) is 6. The molecule has 35 heavy (non-hydrogen) atoms. The third-order valence-corrected chi connectivity index (χ3v) is 9.43. The van der Waals surface area contributed by atoms with Crippen LogP contribution in [0.4, 0.5) is 8.78 Å². The lowest BCUT2D eigenvalue weighted by Crippen LogP contribution is -2.42. The van der Waals surface area contributed by atoms with Crippen LogP contribution in [0.2, 0.25) is 0 Å². The molecule has 0 spiro atoms. The Morgan fingerprint density at radius 3 is 2.51 bits per heavy atom. The van der Waals surface area contributed by atoms with E-state index in [0.717, 1.165) is 17.7 Å². The van der Waals surface area contributed by atoms with Crippen LogP contribution in [-0.2, 0) is 26.4 Å². The van der Waals surface area contributed by atoms with Gasteiger partial charge in [-0.3, -0.25) is 13.9 Å². The van der Waals surface area contributed by atoms with E-state index in [2.05, 4.69) is 0 Å². The number of carbonyl (C=O) groups is 1. The van der Waals surface area contributed by atoms with Gasteiger partial charge in [0.15, 0.2) is 0 Å². The fourth-order valence-corrected chi connectivity index (χ4v) is 7.28. The van der Waals surface area contributed by atoms with Crippen molar-refractivity contribution < 1.29 is 32.2 Å². The summed E-state index contributed by atoms with van der Waals surface area (Å²) >= 11 is 0. The fourth-order valence-electron chi connectivity index (χ4n) is 5.02. The van der Waals surface area contributed by atoms with Gasteiger partial charge in [-0.2, -0.15) is 4.31 Å². The van der Waals surface area contributed by atoms with Crippen molar-refractivity contribution in [3.05, 3.63) is 70.8 Å². The molecule has 0 aliphatic carbocycles. The lowest BCUT2D eigenvalue weighted by Gasteiger charge is -2.54. The van der Waals surface area contributed by atoms with Gasteiger partial charge >= 0.3 is 0 Å². The van der Waals surface area contributed by atoms with Gasteiger partial charge < -0.3 is 15.2 Å². The van der Waals surface area contributed by atoms with E-state index in [-0.39, 0.29) is 49.8 Å². The maximum atomic E-state index is 15.4. The average molecular weight is 511 g/mol. The molecule has 2 saturated heterocycles. The number of hydrogen-bond donors (Lipinski definition) is 3. The van der Waals surface area contributed by atoms with Crippen LogP contribution in [0.3, 0.4) is 0 Å². The highest BCUT2D eigenvalue weighted by Gasteiger charge is 2.42. The van der Waals surface area contributed by atoms with Gasteiger partial charge in [-0.25, -0.2) is 8.78 Å². The predicted molar refractivity (Wildman–Crippen MR) is 130 cm³/mol. The molecule has 0 aromatic heterocycles. The summed E-state index contributed by atoms with van der Waals surface area (Å²) in [5.41, 5.74) is 4.82. The summed E-state index contributed by atoms with van der Waals surface area (Å²) in [5, 5.41) is -0.514. The zero-order chi connectivity index (χ0) is 25.2. The van der Waals surface area contributed by atoms with Gasteiger partial charge in [0, 0.05) is 49.8 Å². The molecule has 0 saturated carbocycles. The minimum Gasteiger partial charge on any atom is -0.381 e. The first kappa shape index (κ1) is 26.0. The third kappa shape index (κ3) is 5.37. The van der Waals surface area contributed by atoms with Crippen molar-refractivity contribution in [3.8, 4) is 0 Å². The first-order valence-corrected chi connectivity index (χ1v) is 13.3. The number of nitrogens with two attached hydrogens (primary N) is 1. The normalized spacial score (nSPS) is 25.2. The number of amides is 1. The summed E-state index contributed by atoms with van der Waals surface area (Å²) in [6.45, 7) is 1.82. The second-order valence-corrected chi connectivity index (χ2v) is 11.4. The second kappa shape index (κ2) is 10.5. The maximum Gasteiger partial charge on any atom is 0.243 e. The van der Waals surface area contributed by atoms with E-state index in [4.69, 9.17) is 15.2 Å². The first-order chi connectivity index (χ1) is 16.6. The Bertz CT molecular complexity index is 1050. The molecule has 4 rings (SSSR count). The molecular formula is C25H32F2N2O5S. The van der Waals surface area contributed by atoms with Crippen LogP contribution in [0.25, 0.3) is 0 Å². The van der Waals surface area contributed by atoms with Gasteiger partial charge in [-0.15, -0.1) is 10.8 Å². The van der Waals surface area contributed by atoms with E-state index in [1.807, 2.05) is 37.3 Å². The first-order valence-electron chi connectivity index (χ1n) is 11.7. The van der Waals surface area contributed by atoms with Crippen molar-refractivity contribution in [1.29, 1.82) is 0 Å². The molecule has 1 amide bonds. The van der Waals surface area contributed by atoms with Crippen LogP contribution in [0.5, 0.6) is 0 Å². The standard InChI is InChI=1S/C25H32F2N2O5S/c1-17-7-8-23(18-5-3-2-4-6-18)35(31,32)29(17)15-19-13-22(27)20(14-21(19)26)25(34-16-24(28)30)9-11-33-12-10-25/h2-6,13-14,17,23,31-32H,7-12,15-16H2,1H3,(H2,28,30)/t17-,23+/m0/s1. The van der Waals surface area contributed by atoms with E-state index >= 15 is 8.78 Å². The molecule has 2 aliphatic heterocycles. The van der Waals surface area contributed by atoms with Crippen molar-refractivity contribution in [2.45, 2.75) is 56.0 Å². The molecule has 0 bridgehead atoms. The van der Waals surface area contributed by atoms with Gasteiger partial charge in [0.1, 0.15) is 23.8 Å². The SMILES string of the molecule is C[C@H]1CC[C@H](c2ccccc2)S(O)(O)N1Cc1cc(F)c(C2(OCC(N)=O)CCOCC2)cc1F. The van der Waals surface area contributed by atoms with E-state index in [9.17, 15) is 13.9 Å². The Morgan fingerprint density at radius 2 is 1.86 bits per heavy atom. The highest BCUT2D eigenvalue weighted by molar-refractivity contribution is 8.22. The Labute approximate surface area is 205 Å². The number of halogens is 2. The maximum absolute atomic E-state index is 15.4. The van der Waals surface area contributed by atoms with E-state index < -0.39 is 45.8 Å². The molecule has 2 atom stereocenters. The van der Waals surface area contributed by atoms with Crippen molar-refractivity contribution in [1.82, 2.24) is 4.31 Å². The van der Waals surface area contributed by atoms with E-state index in [1.165, 1.54) is 4.31 Å². The summed E-state index contributed by atoms with van der Waals surface area (Å²) < 4.78 is 65.8. The summed E-state index contributed by atoms with van der Waals surface area (Å²) in [4.78, 5) is 11.3. The smallest absolute Gasteiger partial charge is 0.243 e. The van der Waals surface area contributed by atoms with Crippen molar-refractivity contribution in [2.75, 3.05) is 19.8 Å². The van der Waals surface area contributed by atoms with Gasteiger partial charge in [-0.1, -0.05) is 30.3 Å². The second-order valence-electron chi connectivity index (χ2n) is 9.25. The number of benzene rings is 2. The Kier molecular flexibility index (Phi) is 7.80. The molecule has 2 fully saturated rings. The average Bonchev–Trinajstić information content (AvgIpc) is 2.83. The van der Waals surface area contributed by atoms with E-state index in [0.29, 0.717) is 12.8 Å². The largest absolute Gasteiger partial charge is 0.381 e. The number of ether oxygens (including phenoxy) is 2. The number of primary amides is 1. The summed E-state index contributed by atoms with van der Waals surface area (Å²) in [5.74, 6) is -2.07. The molecule has 0 radical (unpaired) electrons. The molecular weight excluding hydrogens is 478 g/mol. The van der Waals surface area contributed by atoms with Gasteiger partial charge in [-0.05, 0) is 37.5 Å². The van der Waals surface area contributed by atoms with Crippen LogP contribution in [0, 0.1) is 11.6 Å². The molecule has 0 unspecified atom stereocenters. The highest BCUT2D eigenvalue weighted by Crippen LogP contribution is 2.63. The molecule has 2 aromatic carbocycles. The Morgan fingerprint density at radius 1 is 1.17 bits per heavy atom. The minimum absolute atomic E-state index is 0.00348. The quantitative estimate of drug-likeness (QED) is 0.491. The summed E-state index contributed by atoms with van der Waals surface area (Å²) in [7, 11) is -3.30. The molecule has 2 heterocycles. The topological polar surface area (TPSA) is 105 Å². The van der Waals surface area contributed by atoms with Crippen LogP contribution in [-0.4, -0.2) is 45.2 Å². The number of carbonyl (C=O) groups excluding carboxylic acids is 1. The lowest BCUT2D eigenvalue weighted by molar-refractivity contribution is -0.144. The van der Waals surface area contributed by atoms with Crippen LogP contribution in [0.15, 0.2) is 42.5 Å². The third-order valence-electron chi connectivity index (χ3n) is 6.98. The molecule has 10 heteroatoms. The van der Waals surface area contributed by atoms with Crippen LogP contribution in [0.1, 0.15) is 54.5 Å². The molecule has 4 N–H and O–H groups in total.